The number of rotatable bonds is 6. The van der Waals surface area contributed by atoms with Crippen molar-refractivity contribution < 1.29 is 9.53 Å². The van der Waals surface area contributed by atoms with Gasteiger partial charge >= 0.3 is 0 Å². The molecule has 0 atom stereocenters. The van der Waals surface area contributed by atoms with Gasteiger partial charge in [-0.1, -0.05) is 0 Å². The van der Waals surface area contributed by atoms with E-state index in [-0.39, 0.29) is 5.91 Å². The lowest BCUT2D eigenvalue weighted by molar-refractivity contribution is -0.131. The predicted octanol–water partition coefficient (Wildman–Crippen LogP) is -0.0956. The molecule has 1 saturated heterocycles. The summed E-state index contributed by atoms with van der Waals surface area (Å²) in [6.07, 6.45) is 2.91. The predicted molar refractivity (Wildman–Crippen MR) is 67.8 cm³/mol. The van der Waals surface area contributed by atoms with Crippen LogP contribution in [0.5, 0.6) is 0 Å². The van der Waals surface area contributed by atoms with Gasteiger partial charge in [0.25, 0.3) is 0 Å². The van der Waals surface area contributed by atoms with Crippen LogP contribution in [-0.4, -0.2) is 68.7 Å². The third kappa shape index (κ3) is 5.02. The van der Waals surface area contributed by atoms with Crippen LogP contribution in [0.1, 0.15) is 19.3 Å². The zero-order chi connectivity index (χ0) is 12.7. The van der Waals surface area contributed by atoms with Crippen molar-refractivity contribution in [3.63, 3.8) is 0 Å². The van der Waals surface area contributed by atoms with E-state index in [1.165, 1.54) is 0 Å². The Balaban J connectivity index is 2.28. The number of nitrogens with two attached hydrogens (primary N) is 1. The van der Waals surface area contributed by atoms with E-state index in [9.17, 15) is 4.79 Å². The maximum absolute atomic E-state index is 11.9. The molecule has 1 heterocycles. The lowest BCUT2D eigenvalue weighted by Crippen LogP contribution is -2.43. The summed E-state index contributed by atoms with van der Waals surface area (Å²) in [6.45, 7) is 3.49. The van der Waals surface area contributed by atoms with Gasteiger partial charge in [0, 0.05) is 32.8 Å². The molecule has 1 aliphatic heterocycles. The van der Waals surface area contributed by atoms with Gasteiger partial charge < -0.3 is 15.4 Å². The molecule has 1 fully saturated rings. The van der Waals surface area contributed by atoms with Gasteiger partial charge in [-0.05, 0) is 32.9 Å². The first kappa shape index (κ1) is 14.4. The second-order valence-electron chi connectivity index (χ2n) is 4.72. The van der Waals surface area contributed by atoms with Crippen LogP contribution >= 0.6 is 0 Å². The van der Waals surface area contributed by atoms with Gasteiger partial charge in [-0.25, -0.2) is 0 Å². The minimum absolute atomic E-state index is 0.174. The standard InChI is InChI=1S/C12H25N3O2/c1-14(7-3-6-13)12(16)10-15(2)11-4-8-17-9-5-11/h11H,3-10,13H2,1-2H3. The van der Waals surface area contributed by atoms with Crippen LogP contribution in [-0.2, 0) is 9.53 Å². The van der Waals surface area contributed by atoms with Crippen LogP contribution in [0.15, 0.2) is 0 Å². The largest absolute Gasteiger partial charge is 0.381 e. The van der Waals surface area contributed by atoms with E-state index >= 15 is 0 Å². The highest BCUT2D eigenvalue weighted by molar-refractivity contribution is 5.77. The summed E-state index contributed by atoms with van der Waals surface area (Å²) in [4.78, 5) is 15.8. The molecule has 100 valence electrons. The molecule has 2 N–H and O–H groups in total. The first-order valence-electron chi connectivity index (χ1n) is 6.37. The van der Waals surface area contributed by atoms with Gasteiger partial charge in [-0.2, -0.15) is 0 Å². The first-order valence-corrected chi connectivity index (χ1v) is 6.37. The van der Waals surface area contributed by atoms with Crippen LogP contribution < -0.4 is 5.73 Å². The highest BCUT2D eigenvalue weighted by Gasteiger charge is 2.21. The van der Waals surface area contributed by atoms with Crippen LogP contribution in [0, 0.1) is 0 Å². The molecule has 0 unspecified atom stereocenters. The van der Waals surface area contributed by atoms with Crippen LogP contribution in [0.4, 0.5) is 0 Å². The first-order chi connectivity index (χ1) is 8.15. The number of carbonyl (C=O) groups excluding carboxylic acids is 1. The number of carbonyl (C=O) groups is 1. The Morgan fingerprint density at radius 1 is 1.35 bits per heavy atom. The van der Waals surface area contributed by atoms with E-state index in [4.69, 9.17) is 10.5 Å². The SMILES string of the molecule is CN(CCCN)C(=O)CN(C)C1CCOCC1. The van der Waals surface area contributed by atoms with Crippen molar-refractivity contribution in [1.82, 2.24) is 9.80 Å². The van der Waals surface area contributed by atoms with E-state index in [2.05, 4.69) is 4.90 Å². The topological polar surface area (TPSA) is 58.8 Å². The highest BCUT2D eigenvalue weighted by Crippen LogP contribution is 2.12. The number of amides is 1. The summed E-state index contributed by atoms with van der Waals surface area (Å²) in [5.41, 5.74) is 5.43. The molecule has 0 aromatic heterocycles. The van der Waals surface area contributed by atoms with Crippen molar-refractivity contribution in [2.75, 3.05) is 46.9 Å². The van der Waals surface area contributed by atoms with E-state index in [1.54, 1.807) is 4.90 Å². The summed E-state index contributed by atoms with van der Waals surface area (Å²) in [6, 6.07) is 0.482. The number of likely N-dealkylation sites (N-methyl/N-ethyl adjacent to an activating group) is 2. The summed E-state index contributed by atoms with van der Waals surface area (Å²) < 4.78 is 5.32. The summed E-state index contributed by atoms with van der Waals surface area (Å²) in [7, 11) is 3.86. The van der Waals surface area contributed by atoms with E-state index in [0.717, 1.165) is 39.0 Å². The fourth-order valence-electron chi connectivity index (χ4n) is 2.04. The molecule has 5 heteroatoms. The molecule has 0 saturated carbocycles. The average Bonchev–Trinajstić information content (AvgIpc) is 2.36. The molecule has 17 heavy (non-hydrogen) atoms. The van der Waals surface area contributed by atoms with Crippen molar-refractivity contribution in [2.45, 2.75) is 25.3 Å². The number of nitrogens with zero attached hydrogens (tertiary/aromatic N) is 2. The third-order valence-electron chi connectivity index (χ3n) is 3.32. The molecule has 1 rings (SSSR count). The van der Waals surface area contributed by atoms with Crippen LogP contribution in [0.2, 0.25) is 0 Å². The molecule has 0 aromatic carbocycles. The molecule has 0 aromatic rings. The maximum atomic E-state index is 11.9. The Labute approximate surface area is 104 Å². The molecular formula is C12H25N3O2. The van der Waals surface area contributed by atoms with Gasteiger partial charge in [0.1, 0.15) is 0 Å². The van der Waals surface area contributed by atoms with E-state index in [1.807, 2.05) is 14.1 Å². The normalized spacial score (nSPS) is 17.4. The molecule has 0 spiro atoms. The molecule has 0 aliphatic carbocycles. The van der Waals surface area contributed by atoms with Crippen molar-refractivity contribution in [3.8, 4) is 0 Å². The second-order valence-corrected chi connectivity index (χ2v) is 4.72. The Hall–Kier alpha value is -0.650. The zero-order valence-corrected chi connectivity index (χ0v) is 11.0. The number of hydrogen-bond donors (Lipinski definition) is 1. The van der Waals surface area contributed by atoms with E-state index < -0.39 is 0 Å². The minimum atomic E-state index is 0.174. The van der Waals surface area contributed by atoms with Crippen molar-refractivity contribution >= 4 is 5.91 Å². The zero-order valence-electron chi connectivity index (χ0n) is 11.0. The third-order valence-corrected chi connectivity index (χ3v) is 3.32. The number of ether oxygens (including phenoxy) is 1. The molecule has 1 aliphatic rings. The van der Waals surface area contributed by atoms with Gasteiger partial charge in [-0.3, -0.25) is 9.69 Å². The van der Waals surface area contributed by atoms with Crippen molar-refractivity contribution in [2.24, 2.45) is 5.73 Å². The summed E-state index contributed by atoms with van der Waals surface area (Å²) in [5, 5.41) is 0. The Morgan fingerprint density at radius 3 is 2.59 bits per heavy atom. The fraction of sp³-hybridized carbons (Fsp3) is 0.917. The Kier molecular flexibility index (Phi) is 6.47. The van der Waals surface area contributed by atoms with Crippen molar-refractivity contribution in [3.05, 3.63) is 0 Å². The molecule has 5 nitrogen and oxygen atoms in total. The lowest BCUT2D eigenvalue weighted by Gasteiger charge is -2.31. The second kappa shape index (κ2) is 7.63. The van der Waals surface area contributed by atoms with Crippen molar-refractivity contribution in [1.29, 1.82) is 0 Å². The number of hydrogen-bond acceptors (Lipinski definition) is 4. The monoisotopic (exact) mass is 243 g/mol. The smallest absolute Gasteiger partial charge is 0.236 e. The molecule has 0 radical (unpaired) electrons. The molecular weight excluding hydrogens is 218 g/mol. The minimum Gasteiger partial charge on any atom is -0.381 e. The fourth-order valence-corrected chi connectivity index (χ4v) is 2.04. The van der Waals surface area contributed by atoms with Gasteiger partial charge in [0.15, 0.2) is 0 Å². The maximum Gasteiger partial charge on any atom is 0.236 e. The van der Waals surface area contributed by atoms with Gasteiger partial charge in [0.2, 0.25) is 5.91 Å². The highest BCUT2D eigenvalue weighted by atomic mass is 16.5. The lowest BCUT2D eigenvalue weighted by atomic mass is 10.1. The molecule has 0 bridgehead atoms. The van der Waals surface area contributed by atoms with E-state index in [0.29, 0.717) is 19.1 Å². The quantitative estimate of drug-likeness (QED) is 0.708. The summed E-state index contributed by atoms with van der Waals surface area (Å²) in [5.74, 6) is 0.174. The summed E-state index contributed by atoms with van der Waals surface area (Å²) >= 11 is 0. The average molecular weight is 243 g/mol. The van der Waals surface area contributed by atoms with Gasteiger partial charge in [-0.15, -0.1) is 0 Å². The Morgan fingerprint density at radius 2 is 2.00 bits per heavy atom. The molecule has 1 amide bonds. The Bertz CT molecular complexity index is 230. The van der Waals surface area contributed by atoms with Crippen LogP contribution in [0.25, 0.3) is 0 Å². The van der Waals surface area contributed by atoms with Gasteiger partial charge in [0.05, 0.1) is 6.54 Å². The van der Waals surface area contributed by atoms with Crippen LogP contribution in [0.3, 0.4) is 0 Å².